The summed E-state index contributed by atoms with van der Waals surface area (Å²) >= 11 is 0. The average molecular weight is 535 g/mol. The van der Waals surface area contributed by atoms with Crippen molar-refractivity contribution in [1.29, 1.82) is 0 Å². The third-order valence-electron chi connectivity index (χ3n) is 7.73. The molecule has 1 saturated heterocycles. The maximum absolute atomic E-state index is 13.9. The average Bonchev–Trinajstić information content (AvgIpc) is 3.40. The number of urea groups is 1. The number of rotatable bonds is 12. The normalized spacial score (nSPS) is 16.5. The van der Waals surface area contributed by atoms with E-state index in [9.17, 15) is 4.79 Å². The monoisotopic (exact) mass is 534 g/mol. The van der Waals surface area contributed by atoms with Gasteiger partial charge in [0.25, 0.3) is 0 Å². The topological polar surface area (TPSA) is 42.0 Å². The Morgan fingerprint density at radius 2 is 0.875 bits per heavy atom. The standard InChI is InChI=1S/C35H38N2O3/c1-27(33(31-19-11-5-12-20-31)39-25-29-15-7-3-8-16-29)36-23-24-37(35(36)38)28(2)34(32-21-13-6-14-22-32)40-26-30-17-9-4-10-18-30/h3-22,27-28,33-34H,23-26H2,1-2H3/t27-,28-,33-,34-/m0/s1. The molecule has 0 aliphatic carbocycles. The molecule has 0 radical (unpaired) electrons. The van der Waals surface area contributed by atoms with Gasteiger partial charge in [0.2, 0.25) is 0 Å². The van der Waals surface area contributed by atoms with Crippen molar-refractivity contribution in [3.05, 3.63) is 144 Å². The number of carbonyl (C=O) groups excluding carboxylic acids is 1. The summed E-state index contributed by atoms with van der Waals surface area (Å²) < 4.78 is 13.0. The van der Waals surface area contributed by atoms with E-state index in [1.54, 1.807) is 0 Å². The molecule has 40 heavy (non-hydrogen) atoms. The predicted octanol–water partition coefficient (Wildman–Crippen LogP) is 7.42. The van der Waals surface area contributed by atoms with Crippen LogP contribution >= 0.6 is 0 Å². The highest BCUT2D eigenvalue weighted by Gasteiger charge is 2.40. The quantitative estimate of drug-likeness (QED) is 0.190. The van der Waals surface area contributed by atoms with Gasteiger partial charge in [-0.3, -0.25) is 0 Å². The molecule has 5 rings (SSSR count). The molecule has 1 aliphatic heterocycles. The largest absolute Gasteiger partial charge is 0.367 e. The van der Waals surface area contributed by atoms with Crippen LogP contribution in [0.1, 0.15) is 48.3 Å². The molecule has 5 heteroatoms. The maximum atomic E-state index is 13.9. The molecule has 0 unspecified atom stereocenters. The molecule has 0 aromatic heterocycles. The molecule has 0 bridgehead atoms. The highest BCUT2D eigenvalue weighted by Crippen LogP contribution is 2.32. The van der Waals surface area contributed by atoms with E-state index in [1.807, 2.05) is 82.6 Å². The minimum absolute atomic E-state index is 0.0217. The van der Waals surface area contributed by atoms with E-state index in [2.05, 4.69) is 62.4 Å². The second kappa shape index (κ2) is 13.4. The van der Waals surface area contributed by atoms with E-state index >= 15 is 0 Å². The van der Waals surface area contributed by atoms with Crippen LogP contribution in [0.2, 0.25) is 0 Å². The van der Waals surface area contributed by atoms with E-state index in [-0.39, 0.29) is 30.3 Å². The first-order valence-electron chi connectivity index (χ1n) is 14.1. The van der Waals surface area contributed by atoms with Crippen LogP contribution in [-0.2, 0) is 22.7 Å². The van der Waals surface area contributed by atoms with Crippen molar-refractivity contribution in [2.24, 2.45) is 0 Å². The van der Waals surface area contributed by atoms with Gasteiger partial charge >= 0.3 is 6.03 Å². The number of ether oxygens (including phenoxy) is 2. The van der Waals surface area contributed by atoms with E-state index < -0.39 is 0 Å². The Kier molecular flexibility index (Phi) is 9.27. The van der Waals surface area contributed by atoms with Gasteiger partial charge in [-0.05, 0) is 36.1 Å². The minimum Gasteiger partial charge on any atom is -0.367 e. The van der Waals surface area contributed by atoms with Crippen LogP contribution in [0.15, 0.2) is 121 Å². The van der Waals surface area contributed by atoms with Crippen LogP contribution in [0.25, 0.3) is 0 Å². The number of nitrogens with zero attached hydrogens (tertiary/aromatic N) is 2. The number of hydrogen-bond donors (Lipinski definition) is 0. The molecule has 2 amide bonds. The van der Waals surface area contributed by atoms with Crippen LogP contribution < -0.4 is 0 Å². The Balaban J connectivity index is 1.32. The Morgan fingerprint density at radius 3 is 1.23 bits per heavy atom. The number of carbonyl (C=O) groups is 1. The summed E-state index contributed by atoms with van der Waals surface area (Å²) in [5, 5.41) is 0. The van der Waals surface area contributed by atoms with Crippen molar-refractivity contribution in [2.45, 2.75) is 51.4 Å². The molecule has 5 nitrogen and oxygen atoms in total. The maximum Gasteiger partial charge on any atom is 0.320 e. The first-order valence-corrected chi connectivity index (χ1v) is 14.1. The molecule has 1 heterocycles. The third kappa shape index (κ3) is 6.61. The summed E-state index contributed by atoms with van der Waals surface area (Å²) in [5.74, 6) is 0. The van der Waals surface area contributed by atoms with Crippen LogP contribution in [0.3, 0.4) is 0 Å². The van der Waals surface area contributed by atoms with E-state index in [0.717, 1.165) is 22.3 Å². The van der Waals surface area contributed by atoms with Crippen molar-refractivity contribution in [1.82, 2.24) is 9.80 Å². The molecule has 0 N–H and O–H groups in total. The first kappa shape index (κ1) is 27.6. The summed E-state index contributed by atoms with van der Waals surface area (Å²) in [6.45, 7) is 6.43. The zero-order chi connectivity index (χ0) is 27.7. The van der Waals surface area contributed by atoms with Crippen molar-refractivity contribution >= 4 is 6.03 Å². The lowest BCUT2D eigenvalue weighted by Gasteiger charge is -2.35. The summed E-state index contributed by atoms with van der Waals surface area (Å²) in [6.07, 6.45) is -0.500. The fourth-order valence-electron chi connectivity index (χ4n) is 5.49. The smallest absolute Gasteiger partial charge is 0.320 e. The molecular weight excluding hydrogens is 496 g/mol. The second-order valence-electron chi connectivity index (χ2n) is 10.4. The van der Waals surface area contributed by atoms with Crippen molar-refractivity contribution in [3.63, 3.8) is 0 Å². The van der Waals surface area contributed by atoms with Crippen LogP contribution in [0, 0.1) is 0 Å². The van der Waals surface area contributed by atoms with Crippen LogP contribution in [0.5, 0.6) is 0 Å². The van der Waals surface area contributed by atoms with Gasteiger partial charge in [0.15, 0.2) is 0 Å². The van der Waals surface area contributed by atoms with Gasteiger partial charge in [-0.25, -0.2) is 4.79 Å². The van der Waals surface area contributed by atoms with Crippen LogP contribution in [0.4, 0.5) is 4.79 Å². The molecule has 1 aliphatic rings. The van der Waals surface area contributed by atoms with Crippen molar-refractivity contribution < 1.29 is 14.3 Å². The van der Waals surface area contributed by atoms with Crippen molar-refractivity contribution in [3.8, 4) is 0 Å². The summed E-state index contributed by atoms with van der Waals surface area (Å²) in [7, 11) is 0. The first-order chi connectivity index (χ1) is 19.6. The second-order valence-corrected chi connectivity index (χ2v) is 10.4. The highest BCUT2D eigenvalue weighted by atomic mass is 16.5. The fraction of sp³-hybridized carbons (Fsp3) is 0.286. The SMILES string of the molecule is C[C@@H]([C@H](OCc1ccccc1)c1ccccc1)N1CCN([C@@H](C)[C@H](OCc2ccccc2)c2ccccc2)C1=O. The molecule has 206 valence electrons. The summed E-state index contributed by atoms with van der Waals surface area (Å²) in [4.78, 5) is 17.9. The zero-order valence-electron chi connectivity index (χ0n) is 23.3. The number of amides is 2. The van der Waals surface area contributed by atoms with Gasteiger partial charge in [0, 0.05) is 13.1 Å². The zero-order valence-corrected chi connectivity index (χ0v) is 23.3. The van der Waals surface area contributed by atoms with E-state index in [1.165, 1.54) is 0 Å². The van der Waals surface area contributed by atoms with Crippen LogP contribution in [-0.4, -0.2) is 41.0 Å². The minimum atomic E-state index is -0.250. The lowest BCUT2D eigenvalue weighted by Crippen LogP contribution is -2.45. The number of benzene rings is 4. The van der Waals surface area contributed by atoms with E-state index in [0.29, 0.717) is 26.3 Å². The Labute approximate surface area is 238 Å². The molecule has 4 atom stereocenters. The molecule has 4 aromatic rings. The predicted molar refractivity (Wildman–Crippen MR) is 159 cm³/mol. The van der Waals surface area contributed by atoms with Gasteiger partial charge in [-0.15, -0.1) is 0 Å². The van der Waals surface area contributed by atoms with Gasteiger partial charge < -0.3 is 19.3 Å². The molecule has 4 aromatic carbocycles. The fourth-order valence-corrected chi connectivity index (χ4v) is 5.49. The van der Waals surface area contributed by atoms with Gasteiger partial charge in [-0.2, -0.15) is 0 Å². The Bertz CT molecular complexity index is 1220. The molecule has 0 saturated carbocycles. The highest BCUT2D eigenvalue weighted by molar-refractivity contribution is 5.77. The van der Waals surface area contributed by atoms with Gasteiger partial charge in [0.05, 0.1) is 25.3 Å². The lowest BCUT2D eigenvalue weighted by molar-refractivity contribution is -0.0134. The summed E-state index contributed by atoms with van der Waals surface area (Å²) in [5.41, 5.74) is 4.36. The lowest BCUT2D eigenvalue weighted by atomic mass is 10.0. The molecular formula is C35H38N2O3. The Hall–Kier alpha value is -3.93. The van der Waals surface area contributed by atoms with Gasteiger partial charge in [-0.1, -0.05) is 121 Å². The van der Waals surface area contributed by atoms with Crippen molar-refractivity contribution in [2.75, 3.05) is 13.1 Å². The summed E-state index contributed by atoms with van der Waals surface area (Å²) in [6, 6.07) is 40.5. The molecule has 1 fully saturated rings. The molecule has 0 spiro atoms. The van der Waals surface area contributed by atoms with Gasteiger partial charge in [0.1, 0.15) is 12.2 Å². The van der Waals surface area contributed by atoms with E-state index in [4.69, 9.17) is 9.47 Å². The third-order valence-corrected chi connectivity index (χ3v) is 7.73. The number of hydrogen-bond acceptors (Lipinski definition) is 3. The Morgan fingerprint density at radius 1 is 0.550 bits per heavy atom.